The third-order valence-corrected chi connectivity index (χ3v) is 6.04. The Morgan fingerprint density at radius 3 is 2.33 bits per heavy atom. The molecule has 0 spiro atoms. The molecule has 0 fully saturated rings. The fourth-order valence-corrected chi connectivity index (χ4v) is 4.32. The van der Waals surface area contributed by atoms with Crippen molar-refractivity contribution in [2.45, 2.75) is 46.0 Å². The van der Waals surface area contributed by atoms with Gasteiger partial charge in [-0.05, 0) is 42.0 Å². The Balaban J connectivity index is 1.58. The fourth-order valence-electron chi connectivity index (χ4n) is 3.35. The highest BCUT2D eigenvalue weighted by Crippen LogP contribution is 2.36. The van der Waals surface area contributed by atoms with Gasteiger partial charge >= 0.3 is 5.97 Å². The zero-order valence-corrected chi connectivity index (χ0v) is 20.5. The molecule has 6 heteroatoms. The molecule has 0 aliphatic carbocycles. The van der Waals surface area contributed by atoms with E-state index in [1.165, 1.54) is 16.9 Å². The van der Waals surface area contributed by atoms with Crippen molar-refractivity contribution in [2.24, 2.45) is 0 Å². The van der Waals surface area contributed by atoms with E-state index >= 15 is 0 Å². The standard InChI is InChI=1S/C27H31NO4S/c1-5-31-26(30)24-22(19-10-7-6-8-11-19)18-33-25(24)28-23(29)12-9-17-32-21-15-13-20(14-16-21)27(2,3)4/h6-8,10-11,13-16,18H,5,9,12,17H2,1-4H3,(H,28,29). The molecule has 1 heterocycles. The van der Waals surface area contributed by atoms with Gasteiger partial charge in [0.2, 0.25) is 5.91 Å². The largest absolute Gasteiger partial charge is 0.494 e. The van der Waals surface area contributed by atoms with Crippen LogP contribution >= 0.6 is 11.3 Å². The summed E-state index contributed by atoms with van der Waals surface area (Å²) in [6.07, 6.45) is 0.861. The van der Waals surface area contributed by atoms with Crippen LogP contribution in [0.5, 0.6) is 5.75 Å². The number of thiophene rings is 1. The van der Waals surface area contributed by atoms with Gasteiger partial charge in [-0.3, -0.25) is 4.79 Å². The number of carbonyl (C=O) groups excluding carboxylic acids is 2. The molecule has 0 aliphatic rings. The van der Waals surface area contributed by atoms with Gasteiger partial charge in [0.15, 0.2) is 0 Å². The number of benzene rings is 2. The minimum atomic E-state index is -0.435. The Morgan fingerprint density at radius 2 is 1.70 bits per heavy atom. The first-order valence-electron chi connectivity index (χ1n) is 11.2. The lowest BCUT2D eigenvalue weighted by atomic mass is 9.87. The van der Waals surface area contributed by atoms with Gasteiger partial charge in [0.1, 0.15) is 16.3 Å². The van der Waals surface area contributed by atoms with E-state index in [9.17, 15) is 9.59 Å². The van der Waals surface area contributed by atoms with Crippen LogP contribution in [0.2, 0.25) is 0 Å². The van der Waals surface area contributed by atoms with Gasteiger partial charge < -0.3 is 14.8 Å². The van der Waals surface area contributed by atoms with Crippen molar-refractivity contribution in [3.8, 4) is 16.9 Å². The van der Waals surface area contributed by atoms with Gasteiger partial charge in [0.25, 0.3) is 0 Å². The normalized spacial score (nSPS) is 11.2. The summed E-state index contributed by atoms with van der Waals surface area (Å²) in [5.74, 6) is 0.197. The average Bonchev–Trinajstić information content (AvgIpc) is 3.21. The predicted molar refractivity (Wildman–Crippen MR) is 134 cm³/mol. The molecule has 1 aromatic heterocycles. The number of carbonyl (C=O) groups is 2. The number of rotatable bonds is 9. The van der Waals surface area contributed by atoms with Crippen LogP contribution in [0, 0.1) is 0 Å². The summed E-state index contributed by atoms with van der Waals surface area (Å²) in [6, 6.07) is 17.7. The molecule has 174 valence electrons. The smallest absolute Gasteiger partial charge is 0.341 e. The Morgan fingerprint density at radius 1 is 1.00 bits per heavy atom. The molecule has 0 radical (unpaired) electrons. The molecular formula is C27H31NO4S. The van der Waals surface area contributed by atoms with Crippen LogP contribution in [0.3, 0.4) is 0 Å². The van der Waals surface area contributed by atoms with Crippen molar-refractivity contribution in [3.63, 3.8) is 0 Å². The van der Waals surface area contributed by atoms with Crippen LogP contribution in [0.1, 0.15) is 56.5 Å². The van der Waals surface area contributed by atoms with Crippen LogP contribution in [0.25, 0.3) is 11.1 Å². The van der Waals surface area contributed by atoms with E-state index in [1.54, 1.807) is 6.92 Å². The third-order valence-electron chi connectivity index (χ3n) is 5.15. The van der Waals surface area contributed by atoms with E-state index in [0.717, 1.165) is 16.9 Å². The van der Waals surface area contributed by atoms with E-state index in [4.69, 9.17) is 9.47 Å². The topological polar surface area (TPSA) is 64.6 Å². The molecule has 1 N–H and O–H groups in total. The Kier molecular flexibility index (Phi) is 8.28. The second-order valence-electron chi connectivity index (χ2n) is 8.71. The highest BCUT2D eigenvalue weighted by Gasteiger charge is 2.22. The molecule has 0 aliphatic heterocycles. The molecule has 0 saturated heterocycles. The van der Waals surface area contributed by atoms with Gasteiger partial charge in [0, 0.05) is 17.4 Å². The summed E-state index contributed by atoms with van der Waals surface area (Å²) in [7, 11) is 0. The van der Waals surface area contributed by atoms with Crippen molar-refractivity contribution in [1.29, 1.82) is 0 Å². The van der Waals surface area contributed by atoms with E-state index < -0.39 is 5.97 Å². The minimum absolute atomic E-state index is 0.0984. The molecule has 1 amide bonds. The average molecular weight is 466 g/mol. The summed E-state index contributed by atoms with van der Waals surface area (Å²) in [5, 5.41) is 5.27. The zero-order chi connectivity index (χ0) is 23.8. The van der Waals surface area contributed by atoms with Gasteiger partial charge in [-0.15, -0.1) is 11.3 Å². The Bertz CT molecular complexity index is 1070. The number of ether oxygens (including phenoxy) is 2. The highest BCUT2D eigenvalue weighted by atomic mass is 32.1. The molecule has 2 aromatic carbocycles. The second-order valence-corrected chi connectivity index (χ2v) is 9.59. The van der Waals surface area contributed by atoms with Crippen LogP contribution < -0.4 is 10.1 Å². The lowest BCUT2D eigenvalue weighted by Crippen LogP contribution is -2.15. The minimum Gasteiger partial charge on any atom is -0.494 e. The van der Waals surface area contributed by atoms with Crippen LogP contribution in [-0.4, -0.2) is 25.1 Å². The molecule has 33 heavy (non-hydrogen) atoms. The molecule has 3 aromatic rings. The SMILES string of the molecule is CCOC(=O)c1c(-c2ccccc2)csc1NC(=O)CCCOc1ccc(C(C)(C)C)cc1. The molecule has 0 bridgehead atoms. The zero-order valence-electron chi connectivity index (χ0n) is 19.6. The maximum absolute atomic E-state index is 12.6. The third kappa shape index (κ3) is 6.68. The van der Waals surface area contributed by atoms with E-state index in [1.807, 2.05) is 47.8 Å². The molecule has 0 atom stereocenters. The lowest BCUT2D eigenvalue weighted by Gasteiger charge is -2.19. The van der Waals surface area contributed by atoms with Crippen LogP contribution in [0.15, 0.2) is 60.0 Å². The van der Waals surface area contributed by atoms with E-state index in [0.29, 0.717) is 30.0 Å². The van der Waals surface area contributed by atoms with Crippen molar-refractivity contribution in [1.82, 2.24) is 0 Å². The van der Waals surface area contributed by atoms with Crippen molar-refractivity contribution in [3.05, 3.63) is 71.1 Å². The number of nitrogens with one attached hydrogen (secondary N) is 1. The van der Waals surface area contributed by atoms with Gasteiger partial charge in [-0.25, -0.2) is 4.79 Å². The van der Waals surface area contributed by atoms with Crippen molar-refractivity contribution >= 4 is 28.2 Å². The van der Waals surface area contributed by atoms with Crippen LogP contribution in [-0.2, 0) is 14.9 Å². The number of amides is 1. The lowest BCUT2D eigenvalue weighted by molar-refractivity contribution is -0.116. The van der Waals surface area contributed by atoms with Crippen LogP contribution in [0.4, 0.5) is 5.00 Å². The van der Waals surface area contributed by atoms with E-state index in [-0.39, 0.29) is 17.9 Å². The predicted octanol–water partition coefficient (Wildman–Crippen LogP) is 6.69. The number of hydrogen-bond donors (Lipinski definition) is 1. The number of esters is 1. The van der Waals surface area contributed by atoms with Gasteiger partial charge in [0.05, 0.1) is 13.2 Å². The number of anilines is 1. The first-order chi connectivity index (χ1) is 15.8. The monoisotopic (exact) mass is 465 g/mol. The summed E-state index contributed by atoms with van der Waals surface area (Å²) in [6.45, 7) is 8.99. The van der Waals surface area contributed by atoms with Crippen molar-refractivity contribution < 1.29 is 19.1 Å². The number of hydrogen-bond acceptors (Lipinski definition) is 5. The first-order valence-corrected chi connectivity index (χ1v) is 12.0. The summed E-state index contributed by atoms with van der Waals surface area (Å²) >= 11 is 1.33. The van der Waals surface area contributed by atoms with Crippen molar-refractivity contribution in [2.75, 3.05) is 18.5 Å². The second kappa shape index (κ2) is 11.1. The maximum Gasteiger partial charge on any atom is 0.341 e. The molecule has 3 rings (SSSR count). The highest BCUT2D eigenvalue weighted by molar-refractivity contribution is 7.15. The Hall–Kier alpha value is -3.12. The van der Waals surface area contributed by atoms with Gasteiger partial charge in [-0.1, -0.05) is 63.2 Å². The summed E-state index contributed by atoms with van der Waals surface area (Å²) in [5.41, 5.74) is 3.41. The van der Waals surface area contributed by atoms with E-state index in [2.05, 4.69) is 38.2 Å². The summed E-state index contributed by atoms with van der Waals surface area (Å²) < 4.78 is 11.0. The fraction of sp³-hybridized carbons (Fsp3) is 0.333. The maximum atomic E-state index is 12.6. The molecule has 0 unspecified atom stereocenters. The quantitative estimate of drug-likeness (QED) is 0.282. The van der Waals surface area contributed by atoms with Gasteiger partial charge in [-0.2, -0.15) is 0 Å². The molecule has 0 saturated carbocycles. The summed E-state index contributed by atoms with van der Waals surface area (Å²) in [4.78, 5) is 25.2. The molecular weight excluding hydrogens is 434 g/mol. The molecule has 5 nitrogen and oxygen atoms in total. The Labute approximate surface area is 199 Å². The first kappa shape index (κ1) is 24.5.